The molecular weight excluding hydrogens is 308 g/mol. The monoisotopic (exact) mass is 334 g/mol. The van der Waals surface area contributed by atoms with Gasteiger partial charge in [0.2, 0.25) is 0 Å². The molecule has 1 saturated carbocycles. The fraction of sp³-hybridized carbons (Fsp3) is 0.455. The Bertz CT molecular complexity index is 754. The van der Waals surface area contributed by atoms with Gasteiger partial charge in [0.25, 0.3) is 5.91 Å². The number of hydrogen-bond acceptors (Lipinski definition) is 2. The molecule has 3 heteroatoms. The summed E-state index contributed by atoms with van der Waals surface area (Å²) in [5.41, 5.74) is 3.63. The number of aryl methyl sites for hydroxylation is 1. The number of carbonyl (C=O) groups excluding carboxylic acids is 1. The third-order valence-electron chi connectivity index (χ3n) is 5.89. The van der Waals surface area contributed by atoms with Crippen LogP contribution in [0.1, 0.15) is 54.6 Å². The second kappa shape index (κ2) is 6.99. The third-order valence-corrected chi connectivity index (χ3v) is 5.89. The minimum absolute atomic E-state index is 0.182. The lowest BCUT2D eigenvalue weighted by Crippen LogP contribution is -2.49. The number of benzene rings is 1. The molecule has 1 aliphatic heterocycles. The van der Waals surface area contributed by atoms with Gasteiger partial charge in [0.05, 0.1) is 17.0 Å². The first-order chi connectivity index (χ1) is 12.2. The van der Waals surface area contributed by atoms with Gasteiger partial charge in [-0.2, -0.15) is 0 Å². The fourth-order valence-electron chi connectivity index (χ4n) is 4.59. The molecule has 1 amide bonds. The Morgan fingerprint density at radius 1 is 1.00 bits per heavy atom. The highest BCUT2D eigenvalue weighted by Gasteiger charge is 2.36. The molecule has 2 heterocycles. The molecular formula is C22H26N2O. The van der Waals surface area contributed by atoms with E-state index in [9.17, 15) is 4.79 Å². The summed E-state index contributed by atoms with van der Waals surface area (Å²) in [5.74, 6) is 0.893. The van der Waals surface area contributed by atoms with Gasteiger partial charge < -0.3 is 4.90 Å². The molecule has 0 radical (unpaired) electrons. The molecule has 1 aliphatic carbocycles. The first-order valence-electron chi connectivity index (χ1n) is 9.58. The number of carbonyl (C=O) groups is 1. The predicted molar refractivity (Wildman–Crippen MR) is 100 cm³/mol. The van der Waals surface area contributed by atoms with Crippen molar-refractivity contribution in [2.75, 3.05) is 6.54 Å². The topological polar surface area (TPSA) is 33.2 Å². The van der Waals surface area contributed by atoms with Crippen molar-refractivity contribution in [3.8, 4) is 11.3 Å². The fourth-order valence-corrected chi connectivity index (χ4v) is 4.59. The van der Waals surface area contributed by atoms with E-state index in [1.807, 2.05) is 37.3 Å². The van der Waals surface area contributed by atoms with Gasteiger partial charge in [-0.15, -0.1) is 0 Å². The Morgan fingerprint density at radius 2 is 1.76 bits per heavy atom. The summed E-state index contributed by atoms with van der Waals surface area (Å²) in [7, 11) is 0. The molecule has 1 saturated heterocycles. The van der Waals surface area contributed by atoms with E-state index in [0.29, 0.717) is 12.0 Å². The summed E-state index contributed by atoms with van der Waals surface area (Å²) < 4.78 is 0. The van der Waals surface area contributed by atoms with Crippen molar-refractivity contribution in [1.29, 1.82) is 0 Å². The van der Waals surface area contributed by atoms with E-state index in [-0.39, 0.29) is 5.91 Å². The SMILES string of the molecule is Cc1nc(-c2ccccc2)ccc1C(=O)N1CCC[C@@H]2CCCC[C@H]21. The van der Waals surface area contributed by atoms with Gasteiger partial charge in [-0.1, -0.05) is 43.2 Å². The molecule has 0 spiro atoms. The molecule has 1 aromatic heterocycles. The van der Waals surface area contributed by atoms with Crippen molar-refractivity contribution in [1.82, 2.24) is 9.88 Å². The van der Waals surface area contributed by atoms with Gasteiger partial charge in [-0.05, 0) is 50.7 Å². The standard InChI is InChI=1S/C22H26N2O/c1-16-19(13-14-20(23-16)17-8-3-2-4-9-17)22(25)24-15-7-11-18-10-5-6-12-21(18)24/h2-4,8-9,13-14,18,21H,5-7,10-12,15H2,1H3/t18-,21+/m0/s1. The Morgan fingerprint density at radius 3 is 2.56 bits per heavy atom. The number of aromatic nitrogens is 1. The number of likely N-dealkylation sites (tertiary alicyclic amines) is 1. The minimum atomic E-state index is 0.182. The first kappa shape index (κ1) is 16.3. The summed E-state index contributed by atoms with van der Waals surface area (Å²) >= 11 is 0. The number of nitrogens with zero attached hydrogens (tertiary/aromatic N) is 2. The number of amides is 1. The summed E-state index contributed by atoms with van der Waals surface area (Å²) in [6, 6.07) is 14.6. The van der Waals surface area contributed by atoms with Crippen molar-refractivity contribution in [3.05, 3.63) is 53.7 Å². The third kappa shape index (κ3) is 3.20. The Kier molecular flexibility index (Phi) is 4.56. The number of rotatable bonds is 2. The molecule has 0 N–H and O–H groups in total. The normalized spacial score (nSPS) is 23.2. The lowest BCUT2D eigenvalue weighted by atomic mass is 9.78. The van der Waals surface area contributed by atoms with Crippen LogP contribution in [0.25, 0.3) is 11.3 Å². The summed E-state index contributed by atoms with van der Waals surface area (Å²) in [6.07, 6.45) is 7.48. The van der Waals surface area contributed by atoms with Gasteiger partial charge in [0, 0.05) is 18.2 Å². The van der Waals surface area contributed by atoms with Crippen LogP contribution in [0.5, 0.6) is 0 Å². The predicted octanol–water partition coefficient (Wildman–Crippen LogP) is 4.85. The van der Waals surface area contributed by atoms with Crippen LogP contribution in [0.3, 0.4) is 0 Å². The highest BCUT2D eigenvalue weighted by Crippen LogP contribution is 2.36. The van der Waals surface area contributed by atoms with E-state index in [2.05, 4.69) is 17.0 Å². The van der Waals surface area contributed by atoms with Gasteiger partial charge in [-0.3, -0.25) is 9.78 Å². The summed E-state index contributed by atoms with van der Waals surface area (Å²) in [4.78, 5) is 20.1. The molecule has 130 valence electrons. The smallest absolute Gasteiger partial charge is 0.255 e. The average Bonchev–Trinajstić information content (AvgIpc) is 2.67. The number of pyridine rings is 1. The molecule has 4 rings (SSSR count). The molecule has 2 fully saturated rings. The first-order valence-corrected chi connectivity index (χ1v) is 9.58. The van der Waals surface area contributed by atoms with Crippen molar-refractivity contribution in [2.24, 2.45) is 5.92 Å². The maximum atomic E-state index is 13.2. The second-order valence-electron chi connectivity index (χ2n) is 7.45. The van der Waals surface area contributed by atoms with E-state index in [1.165, 1.54) is 32.1 Å². The van der Waals surface area contributed by atoms with Gasteiger partial charge >= 0.3 is 0 Å². The van der Waals surface area contributed by atoms with Crippen LogP contribution < -0.4 is 0 Å². The molecule has 0 bridgehead atoms. The zero-order chi connectivity index (χ0) is 17.2. The number of fused-ring (bicyclic) bond motifs is 1. The van der Waals surface area contributed by atoms with Crippen LogP contribution in [-0.4, -0.2) is 28.4 Å². The maximum Gasteiger partial charge on any atom is 0.255 e. The number of piperidine rings is 1. The summed E-state index contributed by atoms with van der Waals surface area (Å²) in [5, 5.41) is 0. The minimum Gasteiger partial charge on any atom is -0.335 e. The Hall–Kier alpha value is -2.16. The molecule has 3 nitrogen and oxygen atoms in total. The zero-order valence-electron chi connectivity index (χ0n) is 14.9. The number of hydrogen-bond donors (Lipinski definition) is 0. The van der Waals surface area contributed by atoms with Crippen LogP contribution in [0.2, 0.25) is 0 Å². The van der Waals surface area contributed by atoms with Crippen molar-refractivity contribution >= 4 is 5.91 Å². The lowest BCUT2D eigenvalue weighted by Gasteiger charge is -2.44. The van der Waals surface area contributed by atoms with Crippen molar-refractivity contribution < 1.29 is 4.79 Å². The quantitative estimate of drug-likeness (QED) is 0.786. The summed E-state index contributed by atoms with van der Waals surface area (Å²) in [6.45, 7) is 2.86. The average molecular weight is 334 g/mol. The van der Waals surface area contributed by atoms with E-state index in [1.54, 1.807) is 0 Å². The van der Waals surface area contributed by atoms with Gasteiger partial charge in [-0.25, -0.2) is 0 Å². The van der Waals surface area contributed by atoms with Gasteiger partial charge in [0.15, 0.2) is 0 Å². The lowest BCUT2D eigenvalue weighted by molar-refractivity contribution is 0.0389. The molecule has 1 aromatic carbocycles. The van der Waals surface area contributed by atoms with E-state index in [4.69, 9.17) is 4.98 Å². The molecule has 2 aromatic rings. The van der Waals surface area contributed by atoms with E-state index >= 15 is 0 Å². The highest BCUT2D eigenvalue weighted by molar-refractivity contribution is 5.95. The molecule has 2 atom stereocenters. The van der Waals surface area contributed by atoms with Crippen LogP contribution >= 0.6 is 0 Å². The van der Waals surface area contributed by atoms with Crippen molar-refractivity contribution in [3.63, 3.8) is 0 Å². The molecule has 2 aliphatic rings. The molecule has 0 unspecified atom stereocenters. The van der Waals surface area contributed by atoms with Crippen LogP contribution in [0.4, 0.5) is 0 Å². The largest absolute Gasteiger partial charge is 0.335 e. The highest BCUT2D eigenvalue weighted by atomic mass is 16.2. The Labute approximate surface area is 150 Å². The second-order valence-corrected chi connectivity index (χ2v) is 7.45. The van der Waals surface area contributed by atoms with Crippen LogP contribution in [0, 0.1) is 12.8 Å². The van der Waals surface area contributed by atoms with Crippen LogP contribution in [0.15, 0.2) is 42.5 Å². The van der Waals surface area contributed by atoms with Gasteiger partial charge in [0.1, 0.15) is 0 Å². The molecule has 25 heavy (non-hydrogen) atoms. The van der Waals surface area contributed by atoms with Crippen LogP contribution in [-0.2, 0) is 0 Å². The maximum absolute atomic E-state index is 13.2. The Balaban J connectivity index is 1.59. The van der Waals surface area contributed by atoms with Crippen molar-refractivity contribution in [2.45, 2.75) is 51.5 Å². The zero-order valence-corrected chi connectivity index (χ0v) is 14.9. The van der Waals surface area contributed by atoms with E-state index in [0.717, 1.165) is 35.5 Å². The van der Waals surface area contributed by atoms with E-state index < -0.39 is 0 Å².